The van der Waals surface area contributed by atoms with E-state index < -0.39 is 35.9 Å². The van der Waals surface area contributed by atoms with Crippen molar-refractivity contribution in [3.8, 4) is 0 Å². The highest BCUT2D eigenvalue weighted by molar-refractivity contribution is 5.83. The molecule has 0 bridgehead atoms. The molecule has 106 valence electrons. The maximum Gasteiger partial charge on any atom is 0.331 e. The number of esters is 1. The number of ether oxygens (including phenoxy) is 1. The van der Waals surface area contributed by atoms with Gasteiger partial charge in [0, 0.05) is 6.08 Å². The van der Waals surface area contributed by atoms with Crippen molar-refractivity contribution in [2.24, 2.45) is 0 Å². The number of allylic oxidation sites excluding steroid dienone is 1. The summed E-state index contributed by atoms with van der Waals surface area (Å²) in [7, 11) is 2.88. The molecule has 0 aliphatic rings. The molecule has 5 nitrogen and oxygen atoms in total. The van der Waals surface area contributed by atoms with Crippen LogP contribution in [-0.2, 0) is 14.3 Å². The fourth-order valence-electron chi connectivity index (χ4n) is 1.28. The number of quaternary nitrogens is 1. The van der Waals surface area contributed by atoms with Gasteiger partial charge >= 0.3 is 11.9 Å². The highest BCUT2D eigenvalue weighted by Crippen LogP contribution is 2.06. The second-order valence-corrected chi connectivity index (χ2v) is 4.75. The summed E-state index contributed by atoms with van der Waals surface area (Å²) in [6.07, 6.45) is -0.185. The van der Waals surface area contributed by atoms with E-state index in [9.17, 15) is 9.59 Å². The van der Waals surface area contributed by atoms with Crippen LogP contribution in [0.25, 0.3) is 0 Å². The highest BCUT2D eigenvalue weighted by Gasteiger charge is 2.24. The lowest BCUT2D eigenvalue weighted by atomic mass is 10.2. The van der Waals surface area contributed by atoms with Crippen molar-refractivity contribution >= 4 is 11.9 Å². The molecule has 0 spiro atoms. The molecule has 0 aliphatic carbocycles. The predicted octanol–water partition coefficient (Wildman–Crippen LogP) is -1.95. The molecular weight excluding hydrogens is 258 g/mol. The van der Waals surface area contributed by atoms with Crippen LogP contribution in [0.5, 0.6) is 0 Å². The van der Waals surface area contributed by atoms with E-state index in [1.165, 1.54) is 20.2 Å². The number of rotatable bonds is 6. The quantitative estimate of drug-likeness (QED) is 0.349. The molecule has 18 heavy (non-hydrogen) atoms. The summed E-state index contributed by atoms with van der Waals surface area (Å²) < 4.78 is 26.8. The second-order valence-electron chi connectivity index (χ2n) is 4.75. The molecule has 6 heteroatoms. The molecule has 0 rings (SSSR count). The second kappa shape index (κ2) is 8.11. The van der Waals surface area contributed by atoms with Crippen LogP contribution in [0.3, 0.4) is 0 Å². The van der Waals surface area contributed by atoms with Gasteiger partial charge in [-0.2, -0.15) is 0 Å². The van der Waals surface area contributed by atoms with Gasteiger partial charge in [0.15, 0.2) is 6.10 Å². The monoisotopic (exact) mass is 282 g/mol. The molecule has 0 heterocycles. The first-order chi connectivity index (χ1) is 8.85. The number of likely N-dealkylation sites (N-methyl/N-ethyl adjacent to an activating group) is 1. The molecule has 0 amide bonds. The Hall–Kier alpha value is -1.07. The summed E-state index contributed by atoms with van der Waals surface area (Å²) >= 11 is 0. The SMILES string of the molecule is [2H]C([2H])([2H])[N+](C)(C)C[C@@H](CC(=O)O)OC(=O)C=C(C)C.[Cl-]. The van der Waals surface area contributed by atoms with Gasteiger partial charge in [0.05, 0.1) is 31.6 Å². The minimum atomic E-state index is -2.32. The van der Waals surface area contributed by atoms with E-state index >= 15 is 0 Å². The number of halogens is 1. The Morgan fingerprint density at radius 3 is 2.39 bits per heavy atom. The van der Waals surface area contributed by atoms with Crippen molar-refractivity contribution in [1.82, 2.24) is 0 Å². The van der Waals surface area contributed by atoms with Crippen molar-refractivity contribution in [2.75, 3.05) is 27.6 Å². The zero-order valence-electron chi connectivity index (χ0n) is 14.1. The number of carboxylic acid groups (broad SMARTS) is 1. The van der Waals surface area contributed by atoms with E-state index in [1.807, 2.05) is 0 Å². The lowest BCUT2D eigenvalue weighted by Crippen LogP contribution is -3.00. The summed E-state index contributed by atoms with van der Waals surface area (Å²) in [6, 6.07) is 0. The fraction of sp³-hybridized carbons (Fsp3) is 0.667. The highest BCUT2D eigenvalue weighted by atomic mass is 35.5. The zero-order chi connectivity index (χ0) is 16.1. The molecule has 0 fully saturated rings. The van der Waals surface area contributed by atoms with Crippen LogP contribution < -0.4 is 12.4 Å². The first kappa shape index (κ1) is 13.4. The molecule has 0 unspecified atom stereocenters. The summed E-state index contributed by atoms with van der Waals surface area (Å²) in [5.74, 6) is -1.81. The Labute approximate surface area is 119 Å². The van der Waals surface area contributed by atoms with Crippen molar-refractivity contribution in [3.63, 3.8) is 0 Å². The Kier molecular flexibility index (Phi) is 6.02. The Morgan fingerprint density at radius 1 is 1.44 bits per heavy atom. The third-order valence-electron chi connectivity index (χ3n) is 1.75. The molecule has 1 N–H and O–H groups in total. The Bertz CT molecular complexity index is 404. The van der Waals surface area contributed by atoms with E-state index in [0.29, 0.717) is 5.57 Å². The minimum Gasteiger partial charge on any atom is -1.00 e. The van der Waals surface area contributed by atoms with Gasteiger partial charge in [-0.1, -0.05) is 5.57 Å². The molecular formula is C12H22ClNO4. The van der Waals surface area contributed by atoms with Crippen molar-refractivity contribution < 1.29 is 40.4 Å². The molecule has 1 atom stereocenters. The van der Waals surface area contributed by atoms with Gasteiger partial charge in [-0.15, -0.1) is 0 Å². The summed E-state index contributed by atoms with van der Waals surface area (Å²) in [5.41, 5.74) is 0.716. The van der Waals surface area contributed by atoms with Crippen LogP contribution in [0.4, 0.5) is 0 Å². The molecule has 0 radical (unpaired) electrons. The van der Waals surface area contributed by atoms with Gasteiger partial charge in [-0.25, -0.2) is 4.79 Å². The molecule has 0 aliphatic heterocycles. The Balaban J connectivity index is 0. The van der Waals surface area contributed by atoms with Gasteiger partial charge in [-0.05, 0) is 13.8 Å². The lowest BCUT2D eigenvalue weighted by Gasteiger charge is -2.28. The molecule has 0 aromatic rings. The summed E-state index contributed by atoms with van der Waals surface area (Å²) in [5, 5.41) is 8.82. The Morgan fingerprint density at radius 2 is 2.00 bits per heavy atom. The van der Waals surface area contributed by atoms with Crippen LogP contribution in [0.15, 0.2) is 11.6 Å². The van der Waals surface area contributed by atoms with Gasteiger partial charge < -0.3 is 26.7 Å². The zero-order valence-corrected chi connectivity index (χ0v) is 11.8. The average Bonchev–Trinajstić information content (AvgIpc) is 2.10. The van der Waals surface area contributed by atoms with Crippen LogP contribution in [0, 0.1) is 0 Å². The number of aliphatic carboxylic acids is 1. The van der Waals surface area contributed by atoms with E-state index in [1.54, 1.807) is 13.8 Å². The first-order valence-corrected chi connectivity index (χ1v) is 5.25. The fourth-order valence-corrected chi connectivity index (χ4v) is 1.28. The predicted molar refractivity (Wildman–Crippen MR) is 64.5 cm³/mol. The maximum absolute atomic E-state index is 11.5. The van der Waals surface area contributed by atoms with Crippen molar-refractivity contribution in [2.45, 2.75) is 26.4 Å². The number of nitrogens with zero attached hydrogens (tertiary/aromatic N) is 1. The molecule has 0 aromatic carbocycles. The normalized spacial score (nSPS) is 15.2. The number of hydrogen-bond acceptors (Lipinski definition) is 3. The smallest absolute Gasteiger partial charge is 0.331 e. The number of carboxylic acids is 1. The standard InChI is InChI=1S/C12H21NO4.ClH/c1-9(2)6-12(16)17-10(7-11(14)15)8-13(3,4)5;/h6,10H,7-8H2,1-5H3;1H/t10-;/m1./s1/i3D3;. The lowest BCUT2D eigenvalue weighted by molar-refractivity contribution is -0.873. The van der Waals surface area contributed by atoms with Crippen molar-refractivity contribution in [1.29, 1.82) is 0 Å². The van der Waals surface area contributed by atoms with Crippen LogP contribution in [-0.4, -0.2) is 55.2 Å². The van der Waals surface area contributed by atoms with Gasteiger partial charge in [0.2, 0.25) is 0 Å². The van der Waals surface area contributed by atoms with Crippen molar-refractivity contribution in [3.05, 3.63) is 11.6 Å². The van der Waals surface area contributed by atoms with Gasteiger partial charge in [0.25, 0.3) is 0 Å². The maximum atomic E-state index is 11.5. The number of hydrogen-bond donors (Lipinski definition) is 1. The molecule has 0 saturated carbocycles. The van der Waals surface area contributed by atoms with Gasteiger partial charge in [0.1, 0.15) is 6.54 Å². The van der Waals surface area contributed by atoms with E-state index in [0.717, 1.165) is 0 Å². The van der Waals surface area contributed by atoms with E-state index in [2.05, 4.69) is 0 Å². The molecule has 0 aromatic heterocycles. The van der Waals surface area contributed by atoms with Gasteiger partial charge in [-0.3, -0.25) is 4.79 Å². The van der Waals surface area contributed by atoms with Crippen LogP contribution in [0.1, 0.15) is 24.4 Å². The summed E-state index contributed by atoms with van der Waals surface area (Å²) in [4.78, 5) is 22.3. The average molecular weight is 283 g/mol. The number of carbonyl (C=O) groups excluding carboxylic acids is 1. The number of carbonyl (C=O) groups is 2. The third-order valence-corrected chi connectivity index (χ3v) is 1.75. The van der Waals surface area contributed by atoms with E-state index in [-0.39, 0.29) is 19.0 Å². The molecule has 0 saturated heterocycles. The van der Waals surface area contributed by atoms with Crippen LogP contribution in [0.2, 0.25) is 0 Å². The third kappa shape index (κ3) is 11.4. The topological polar surface area (TPSA) is 63.6 Å². The first-order valence-electron chi connectivity index (χ1n) is 6.75. The van der Waals surface area contributed by atoms with E-state index in [4.69, 9.17) is 14.0 Å². The minimum absolute atomic E-state index is 0. The largest absolute Gasteiger partial charge is 1.00 e. The summed E-state index contributed by atoms with van der Waals surface area (Å²) in [6.45, 7) is 0.983. The van der Waals surface area contributed by atoms with Crippen LogP contribution >= 0.6 is 0 Å².